The van der Waals surface area contributed by atoms with E-state index in [1.807, 2.05) is 38.2 Å². The fourth-order valence-electron chi connectivity index (χ4n) is 2.45. The lowest BCUT2D eigenvalue weighted by atomic mass is 9.87. The fraction of sp³-hybridized carbons (Fsp3) is 0.381. The van der Waals surface area contributed by atoms with E-state index < -0.39 is 5.41 Å². The van der Waals surface area contributed by atoms with Gasteiger partial charge in [0.15, 0.2) is 0 Å². The van der Waals surface area contributed by atoms with E-state index in [1.165, 1.54) is 12.2 Å². The number of carbonyl (C=O) groups excluding carboxylic acids is 4. The van der Waals surface area contributed by atoms with E-state index in [9.17, 15) is 19.2 Å². The second-order valence-corrected chi connectivity index (χ2v) is 7.12. The molecule has 4 amide bonds. The van der Waals surface area contributed by atoms with Crippen LogP contribution in [0.1, 0.15) is 56.5 Å². The molecule has 0 aromatic heterocycles. The topological polar surface area (TPSA) is 117 Å². The van der Waals surface area contributed by atoms with Gasteiger partial charge in [-0.2, -0.15) is 5.10 Å². The highest BCUT2D eigenvalue weighted by Crippen LogP contribution is 2.22. The Bertz CT molecular complexity index is 808. The summed E-state index contributed by atoms with van der Waals surface area (Å²) in [7, 11) is 1.59. The van der Waals surface area contributed by atoms with Crippen LogP contribution in [-0.4, -0.2) is 36.4 Å². The Kier molecular flexibility index (Phi) is 8.92. The molecule has 0 saturated heterocycles. The molecule has 156 valence electrons. The summed E-state index contributed by atoms with van der Waals surface area (Å²) >= 11 is 0. The molecule has 0 saturated carbocycles. The van der Waals surface area contributed by atoms with Crippen molar-refractivity contribution >= 4 is 29.3 Å². The molecule has 0 radical (unpaired) electrons. The van der Waals surface area contributed by atoms with Gasteiger partial charge in [0.05, 0.1) is 5.71 Å². The van der Waals surface area contributed by atoms with Crippen LogP contribution in [0.15, 0.2) is 41.5 Å². The highest BCUT2D eigenvalue weighted by atomic mass is 16.2. The van der Waals surface area contributed by atoms with Crippen LogP contribution in [0.3, 0.4) is 0 Å². The van der Waals surface area contributed by atoms with Gasteiger partial charge in [-0.05, 0) is 31.0 Å². The zero-order valence-electron chi connectivity index (χ0n) is 17.5. The monoisotopic (exact) mass is 400 g/mol. The average Bonchev–Trinajstić information content (AvgIpc) is 3.08. The number of amides is 4. The number of benzene rings is 1. The number of hydrogen-bond donors (Lipinski definition) is 3. The predicted octanol–water partition coefficient (Wildman–Crippen LogP) is 1.91. The molecule has 0 bridgehead atoms. The second kappa shape index (κ2) is 10.9. The number of hydrogen-bond acceptors (Lipinski definition) is 5. The smallest absolute Gasteiger partial charge is 0.251 e. The van der Waals surface area contributed by atoms with Crippen molar-refractivity contribution in [1.29, 1.82) is 0 Å². The van der Waals surface area contributed by atoms with E-state index in [0.29, 0.717) is 11.3 Å². The average molecular weight is 400 g/mol. The molecule has 0 fully saturated rings. The molecule has 8 nitrogen and oxygen atoms in total. The van der Waals surface area contributed by atoms with Crippen LogP contribution in [-0.2, 0) is 14.4 Å². The first-order valence-electron chi connectivity index (χ1n) is 9.31. The summed E-state index contributed by atoms with van der Waals surface area (Å²) in [6, 6.07) is 7.09. The Hall–Kier alpha value is -3.29. The van der Waals surface area contributed by atoms with Gasteiger partial charge in [0.25, 0.3) is 17.7 Å². The molecule has 3 N–H and O–H groups in total. The van der Waals surface area contributed by atoms with E-state index in [2.05, 4.69) is 22.8 Å². The molecule has 2 rings (SSSR count). The van der Waals surface area contributed by atoms with Crippen molar-refractivity contribution in [3.63, 3.8) is 0 Å². The SMILES string of the molecule is CCCC(C)(C)C(=O)N/N=C(\C)c1ccc(C(=O)NC)cc1.O=C1C=CC(=O)N1. The van der Waals surface area contributed by atoms with Gasteiger partial charge in [-0.3, -0.25) is 24.5 Å². The molecule has 1 heterocycles. The largest absolute Gasteiger partial charge is 0.355 e. The number of carbonyl (C=O) groups is 4. The lowest BCUT2D eigenvalue weighted by molar-refractivity contribution is -0.129. The van der Waals surface area contributed by atoms with Crippen molar-refractivity contribution in [2.75, 3.05) is 7.05 Å². The number of imide groups is 1. The molecule has 1 aliphatic rings. The summed E-state index contributed by atoms with van der Waals surface area (Å²) < 4.78 is 0. The number of nitrogens with zero attached hydrogens (tertiary/aromatic N) is 1. The van der Waals surface area contributed by atoms with Gasteiger partial charge in [-0.1, -0.05) is 39.3 Å². The molecule has 1 aliphatic heterocycles. The summed E-state index contributed by atoms with van der Waals surface area (Å²) in [4.78, 5) is 43.7. The molecule has 29 heavy (non-hydrogen) atoms. The van der Waals surface area contributed by atoms with Crippen LogP contribution in [0.4, 0.5) is 0 Å². The Morgan fingerprint density at radius 3 is 1.97 bits per heavy atom. The first-order valence-corrected chi connectivity index (χ1v) is 9.31. The summed E-state index contributed by atoms with van der Waals surface area (Å²) in [6.45, 7) is 7.70. The highest BCUT2D eigenvalue weighted by Gasteiger charge is 2.26. The molecule has 0 aliphatic carbocycles. The summed E-state index contributed by atoms with van der Waals surface area (Å²) in [5, 5.41) is 8.75. The molecule has 0 spiro atoms. The summed E-state index contributed by atoms with van der Waals surface area (Å²) in [5.41, 5.74) is 4.35. The normalized spacial score (nSPS) is 13.3. The Balaban J connectivity index is 0.000000502. The molecular formula is C21H28N4O4. The molecule has 1 aromatic rings. The Morgan fingerprint density at radius 1 is 1.03 bits per heavy atom. The molecule has 1 aromatic carbocycles. The summed E-state index contributed by atoms with van der Waals surface area (Å²) in [6.07, 6.45) is 4.16. The minimum absolute atomic E-state index is 0.0873. The van der Waals surface area contributed by atoms with E-state index >= 15 is 0 Å². The number of hydrazone groups is 1. The maximum Gasteiger partial charge on any atom is 0.251 e. The number of rotatable bonds is 6. The van der Waals surface area contributed by atoms with Gasteiger partial charge in [-0.25, -0.2) is 5.43 Å². The van der Waals surface area contributed by atoms with Crippen LogP contribution in [0, 0.1) is 5.41 Å². The summed E-state index contributed by atoms with van der Waals surface area (Å²) in [5.74, 6) is -0.874. The van der Waals surface area contributed by atoms with Gasteiger partial charge < -0.3 is 5.32 Å². The third-order valence-corrected chi connectivity index (χ3v) is 4.24. The quantitative estimate of drug-likeness (QED) is 0.384. The third kappa shape index (κ3) is 7.69. The van der Waals surface area contributed by atoms with Gasteiger partial charge in [0.1, 0.15) is 0 Å². The molecule has 0 unspecified atom stereocenters. The highest BCUT2D eigenvalue weighted by molar-refractivity contribution is 6.12. The minimum Gasteiger partial charge on any atom is -0.355 e. The fourth-order valence-corrected chi connectivity index (χ4v) is 2.45. The minimum atomic E-state index is -0.429. The zero-order chi connectivity index (χ0) is 22.0. The maximum absolute atomic E-state index is 12.1. The Labute approximate surface area is 170 Å². The van der Waals surface area contributed by atoms with E-state index in [-0.39, 0.29) is 23.6 Å². The first kappa shape index (κ1) is 23.7. The zero-order valence-corrected chi connectivity index (χ0v) is 17.5. The predicted molar refractivity (Wildman–Crippen MR) is 111 cm³/mol. The van der Waals surface area contributed by atoms with Crippen LogP contribution < -0.4 is 16.1 Å². The molecular weight excluding hydrogens is 372 g/mol. The Morgan fingerprint density at radius 2 is 1.55 bits per heavy atom. The third-order valence-electron chi connectivity index (χ3n) is 4.24. The van der Waals surface area contributed by atoms with Gasteiger partial charge >= 0.3 is 0 Å². The van der Waals surface area contributed by atoms with Gasteiger partial charge in [-0.15, -0.1) is 0 Å². The van der Waals surface area contributed by atoms with Gasteiger partial charge in [0.2, 0.25) is 5.91 Å². The molecule has 8 heteroatoms. The molecule has 0 atom stereocenters. The number of nitrogens with one attached hydrogen (secondary N) is 3. The van der Waals surface area contributed by atoms with Crippen molar-refractivity contribution in [2.45, 2.75) is 40.5 Å². The van der Waals surface area contributed by atoms with Crippen molar-refractivity contribution in [3.8, 4) is 0 Å². The lowest BCUT2D eigenvalue weighted by Crippen LogP contribution is -2.34. The van der Waals surface area contributed by atoms with Crippen LogP contribution in [0.5, 0.6) is 0 Å². The van der Waals surface area contributed by atoms with Gasteiger partial charge in [0, 0.05) is 30.2 Å². The maximum atomic E-state index is 12.1. The van der Waals surface area contributed by atoms with Crippen molar-refractivity contribution in [1.82, 2.24) is 16.1 Å². The van der Waals surface area contributed by atoms with E-state index in [1.54, 1.807) is 19.2 Å². The van der Waals surface area contributed by atoms with E-state index in [0.717, 1.165) is 18.4 Å². The standard InChI is InChI=1S/C17H25N3O2.C4H3NO2/c1-6-11-17(3,4)16(22)20-19-12(2)13-7-9-14(10-8-13)15(21)18-5;6-3-1-2-4(7)5-3/h7-10H,6,11H2,1-5H3,(H,18,21)(H,20,22);1-2H,(H,5,6,7)/b19-12+;. The van der Waals surface area contributed by atoms with Crippen LogP contribution >= 0.6 is 0 Å². The van der Waals surface area contributed by atoms with E-state index in [4.69, 9.17) is 0 Å². The van der Waals surface area contributed by atoms with Crippen LogP contribution in [0.2, 0.25) is 0 Å². The van der Waals surface area contributed by atoms with Crippen molar-refractivity contribution in [3.05, 3.63) is 47.5 Å². The van der Waals surface area contributed by atoms with Crippen molar-refractivity contribution in [2.24, 2.45) is 10.5 Å². The first-order chi connectivity index (χ1) is 13.6. The second-order valence-electron chi connectivity index (χ2n) is 7.12. The van der Waals surface area contributed by atoms with Crippen molar-refractivity contribution < 1.29 is 19.2 Å². The van der Waals surface area contributed by atoms with Crippen LogP contribution in [0.25, 0.3) is 0 Å². The lowest BCUT2D eigenvalue weighted by Gasteiger charge is -2.21.